The number of benzene rings is 1. The van der Waals surface area contributed by atoms with Crippen LogP contribution in [0.4, 0.5) is 18.9 Å². The lowest BCUT2D eigenvalue weighted by Crippen LogP contribution is -2.44. The molecule has 1 aliphatic rings. The number of hydrogen-bond donors (Lipinski definition) is 2. The number of β-amino-alcohol motifs (C(OH)–C–C–N with tert-alkyl or cyclic N) is 1. The summed E-state index contributed by atoms with van der Waals surface area (Å²) in [7, 11) is 0. The zero-order valence-electron chi connectivity index (χ0n) is 12.4. The summed E-state index contributed by atoms with van der Waals surface area (Å²) >= 11 is 0.903. The van der Waals surface area contributed by atoms with Crippen LogP contribution < -0.4 is 5.32 Å². The van der Waals surface area contributed by atoms with Crippen LogP contribution in [0.25, 0.3) is 0 Å². The van der Waals surface area contributed by atoms with E-state index in [1.54, 1.807) is 24.3 Å². The molecule has 2 heterocycles. The number of carbonyl (C=O) groups excluding carboxylic acids is 1. The van der Waals surface area contributed by atoms with Gasteiger partial charge in [0.15, 0.2) is 0 Å². The van der Waals surface area contributed by atoms with Gasteiger partial charge in [-0.3, -0.25) is 4.79 Å². The number of rotatable bonds is 4. The third kappa shape index (κ3) is 3.36. The monoisotopic (exact) mass is 357 g/mol. The molecule has 1 amide bonds. The van der Waals surface area contributed by atoms with Crippen molar-refractivity contribution in [2.75, 3.05) is 18.5 Å². The fourth-order valence-corrected chi connectivity index (χ4v) is 3.58. The van der Waals surface area contributed by atoms with E-state index in [1.165, 1.54) is 11.1 Å². The summed E-state index contributed by atoms with van der Waals surface area (Å²) in [5.74, 6) is -0.283. The van der Waals surface area contributed by atoms with Gasteiger partial charge in [-0.1, -0.05) is 12.1 Å². The zero-order chi connectivity index (χ0) is 17.3. The second kappa shape index (κ2) is 6.40. The molecule has 0 saturated heterocycles. The zero-order valence-corrected chi connectivity index (χ0v) is 13.2. The van der Waals surface area contributed by atoms with Gasteiger partial charge >= 0.3 is 6.18 Å². The maximum Gasteiger partial charge on any atom is 0.395 e. The molecule has 1 aromatic carbocycles. The Balaban J connectivity index is 1.92. The summed E-state index contributed by atoms with van der Waals surface area (Å²) in [6.07, 6.45) is -4.74. The van der Waals surface area contributed by atoms with Gasteiger partial charge in [0.25, 0.3) is 5.91 Å². The van der Waals surface area contributed by atoms with Crippen LogP contribution in [0.5, 0.6) is 0 Å². The van der Waals surface area contributed by atoms with Crippen LogP contribution in [0.15, 0.2) is 30.5 Å². The van der Waals surface area contributed by atoms with E-state index in [0.29, 0.717) is 16.1 Å². The molecular formula is C15H14F3N3O2S. The highest BCUT2D eigenvalue weighted by molar-refractivity contribution is 7.11. The van der Waals surface area contributed by atoms with Gasteiger partial charge in [-0.2, -0.15) is 13.2 Å². The van der Waals surface area contributed by atoms with Crippen molar-refractivity contribution in [2.24, 2.45) is 0 Å². The lowest BCUT2D eigenvalue weighted by atomic mass is 10.1. The topological polar surface area (TPSA) is 65.5 Å². The van der Waals surface area contributed by atoms with Crippen molar-refractivity contribution in [2.45, 2.75) is 18.8 Å². The SMILES string of the molecule is O=C1c2ccccc2NC(c2cnc(CC(F)(F)F)s2)N1CCO. The van der Waals surface area contributed by atoms with E-state index < -0.39 is 18.8 Å². The van der Waals surface area contributed by atoms with Crippen molar-refractivity contribution >= 4 is 22.9 Å². The molecule has 0 radical (unpaired) electrons. The summed E-state index contributed by atoms with van der Waals surface area (Å²) in [6.45, 7) is -0.183. The molecule has 5 nitrogen and oxygen atoms in total. The number of hydrogen-bond acceptors (Lipinski definition) is 5. The molecule has 1 atom stereocenters. The molecule has 3 rings (SSSR count). The predicted octanol–water partition coefficient (Wildman–Crippen LogP) is 2.81. The third-order valence-corrected chi connectivity index (χ3v) is 4.61. The molecule has 1 aromatic heterocycles. The van der Waals surface area contributed by atoms with Gasteiger partial charge < -0.3 is 15.3 Å². The molecule has 2 aromatic rings. The molecule has 1 unspecified atom stereocenters. The van der Waals surface area contributed by atoms with Gasteiger partial charge in [0, 0.05) is 18.4 Å². The van der Waals surface area contributed by atoms with Crippen LogP contribution in [-0.4, -0.2) is 40.2 Å². The summed E-state index contributed by atoms with van der Waals surface area (Å²) in [5, 5.41) is 12.3. The number of amides is 1. The van der Waals surface area contributed by atoms with Gasteiger partial charge in [0.05, 0.1) is 23.5 Å². The fourth-order valence-electron chi connectivity index (χ4n) is 2.56. The molecule has 2 N–H and O–H groups in total. The summed E-state index contributed by atoms with van der Waals surface area (Å²) in [5.41, 5.74) is 1.06. The Morgan fingerprint density at radius 1 is 1.33 bits per heavy atom. The highest BCUT2D eigenvalue weighted by Gasteiger charge is 2.35. The number of alkyl halides is 3. The van der Waals surface area contributed by atoms with E-state index in [9.17, 15) is 23.1 Å². The normalized spacial score (nSPS) is 17.6. The maximum atomic E-state index is 12.6. The average molecular weight is 357 g/mol. The van der Waals surface area contributed by atoms with Gasteiger partial charge in [-0.25, -0.2) is 4.98 Å². The number of anilines is 1. The Bertz CT molecular complexity index is 748. The quantitative estimate of drug-likeness (QED) is 0.883. The van der Waals surface area contributed by atoms with Crippen LogP contribution in [0.3, 0.4) is 0 Å². The van der Waals surface area contributed by atoms with Crippen LogP contribution in [0.1, 0.15) is 26.4 Å². The Labute approximate surface area is 139 Å². The van der Waals surface area contributed by atoms with Crippen molar-refractivity contribution < 1.29 is 23.1 Å². The second-order valence-corrected chi connectivity index (χ2v) is 6.41. The molecule has 0 spiro atoms. The van der Waals surface area contributed by atoms with Crippen molar-refractivity contribution in [3.8, 4) is 0 Å². The molecule has 0 aliphatic carbocycles. The number of fused-ring (bicyclic) bond motifs is 1. The first-order valence-electron chi connectivity index (χ1n) is 7.18. The van der Waals surface area contributed by atoms with Gasteiger partial charge in [0.2, 0.25) is 0 Å². The summed E-state index contributed by atoms with van der Waals surface area (Å²) in [6, 6.07) is 6.88. The van der Waals surface area contributed by atoms with Crippen LogP contribution in [-0.2, 0) is 6.42 Å². The van der Waals surface area contributed by atoms with Crippen molar-refractivity contribution in [1.82, 2.24) is 9.88 Å². The number of carbonyl (C=O) groups is 1. The molecule has 9 heteroatoms. The first kappa shape index (κ1) is 16.7. The van der Waals surface area contributed by atoms with Crippen molar-refractivity contribution in [3.63, 3.8) is 0 Å². The second-order valence-electron chi connectivity index (χ2n) is 5.26. The first-order chi connectivity index (χ1) is 11.4. The molecule has 24 heavy (non-hydrogen) atoms. The van der Waals surface area contributed by atoms with Gasteiger partial charge in [-0.05, 0) is 12.1 Å². The Morgan fingerprint density at radius 2 is 2.08 bits per heavy atom. The number of nitrogens with zero attached hydrogens (tertiary/aromatic N) is 2. The number of aliphatic hydroxyl groups excluding tert-OH is 1. The smallest absolute Gasteiger partial charge is 0.395 e. The van der Waals surface area contributed by atoms with E-state index in [0.717, 1.165) is 11.3 Å². The number of nitrogens with one attached hydrogen (secondary N) is 1. The van der Waals surface area contributed by atoms with Gasteiger partial charge in [0.1, 0.15) is 11.2 Å². The number of aliphatic hydroxyl groups is 1. The molecule has 0 bridgehead atoms. The number of para-hydroxylation sites is 1. The van der Waals surface area contributed by atoms with E-state index in [1.807, 2.05) is 0 Å². The Hall–Kier alpha value is -2.13. The summed E-state index contributed by atoms with van der Waals surface area (Å²) < 4.78 is 37.5. The molecule has 1 aliphatic heterocycles. The lowest BCUT2D eigenvalue weighted by Gasteiger charge is -2.36. The van der Waals surface area contributed by atoms with E-state index in [-0.39, 0.29) is 24.1 Å². The van der Waals surface area contributed by atoms with E-state index in [2.05, 4.69) is 10.3 Å². The average Bonchev–Trinajstić information content (AvgIpc) is 2.96. The maximum absolute atomic E-state index is 12.6. The van der Waals surface area contributed by atoms with E-state index >= 15 is 0 Å². The minimum absolute atomic E-state index is 0.0606. The largest absolute Gasteiger partial charge is 0.395 e. The van der Waals surface area contributed by atoms with Gasteiger partial charge in [-0.15, -0.1) is 11.3 Å². The minimum Gasteiger partial charge on any atom is -0.395 e. The highest BCUT2D eigenvalue weighted by Crippen LogP contribution is 2.35. The lowest BCUT2D eigenvalue weighted by molar-refractivity contribution is -0.127. The Kier molecular flexibility index (Phi) is 4.46. The number of thiazole rings is 1. The minimum atomic E-state index is -4.33. The van der Waals surface area contributed by atoms with E-state index in [4.69, 9.17) is 0 Å². The molecule has 0 saturated carbocycles. The third-order valence-electron chi connectivity index (χ3n) is 3.56. The van der Waals surface area contributed by atoms with Crippen LogP contribution in [0.2, 0.25) is 0 Å². The number of halogens is 3. The molecule has 128 valence electrons. The predicted molar refractivity (Wildman–Crippen MR) is 82.8 cm³/mol. The highest BCUT2D eigenvalue weighted by atomic mass is 32.1. The Morgan fingerprint density at radius 3 is 2.79 bits per heavy atom. The van der Waals surface area contributed by atoms with Crippen molar-refractivity contribution in [1.29, 1.82) is 0 Å². The van der Waals surface area contributed by atoms with Crippen LogP contribution >= 0.6 is 11.3 Å². The van der Waals surface area contributed by atoms with Crippen molar-refractivity contribution in [3.05, 3.63) is 45.9 Å². The fraction of sp³-hybridized carbons (Fsp3) is 0.333. The first-order valence-corrected chi connectivity index (χ1v) is 7.99. The van der Waals surface area contributed by atoms with Crippen LogP contribution in [0, 0.1) is 0 Å². The summed E-state index contributed by atoms with van der Waals surface area (Å²) in [4.78, 5) is 18.3. The standard InChI is InChI=1S/C15H14F3N3O2S/c16-15(17,18)7-12-19-8-11(24-12)13-20-10-4-2-1-3-9(10)14(23)21(13)5-6-22/h1-4,8,13,20,22H,5-7H2. The number of aromatic nitrogens is 1. The molecule has 0 fully saturated rings. The molecular weight excluding hydrogens is 343 g/mol.